The summed E-state index contributed by atoms with van der Waals surface area (Å²) in [5.74, 6) is -0.895. The molecule has 0 atom stereocenters. The van der Waals surface area contributed by atoms with Crippen LogP contribution in [0.25, 0.3) is 6.08 Å². The van der Waals surface area contributed by atoms with Gasteiger partial charge in [-0.2, -0.15) is 0 Å². The minimum absolute atomic E-state index is 0.0211. The van der Waals surface area contributed by atoms with Gasteiger partial charge in [0.1, 0.15) is 5.70 Å². The topological polar surface area (TPSA) is 101 Å². The molecule has 0 radical (unpaired) electrons. The van der Waals surface area contributed by atoms with Crippen molar-refractivity contribution >= 4 is 40.9 Å². The fourth-order valence-corrected chi connectivity index (χ4v) is 3.70. The number of carbonyl (C=O) groups is 2. The number of aryl methyl sites for hydroxylation is 1. The van der Waals surface area contributed by atoms with E-state index < -0.39 is 10.8 Å². The van der Waals surface area contributed by atoms with Crippen LogP contribution in [0.3, 0.4) is 0 Å². The summed E-state index contributed by atoms with van der Waals surface area (Å²) in [6.07, 6.45) is 6.08. The Hall–Kier alpha value is -3.19. The normalized spacial score (nSPS) is 14.7. The second kappa shape index (κ2) is 10.2. The first-order valence-electron chi connectivity index (χ1n) is 10.2. The number of benzene rings is 2. The lowest BCUT2D eigenvalue weighted by Crippen LogP contribution is -2.35. The Bertz CT molecular complexity index is 1030. The zero-order valence-electron chi connectivity index (χ0n) is 17.2. The molecule has 1 aliphatic carbocycles. The van der Waals surface area contributed by atoms with Gasteiger partial charge in [-0.25, -0.2) is 0 Å². The van der Waals surface area contributed by atoms with Gasteiger partial charge in [-0.1, -0.05) is 49.1 Å². The molecule has 0 unspecified atom stereocenters. The molecule has 7 nitrogen and oxygen atoms in total. The van der Waals surface area contributed by atoms with Crippen molar-refractivity contribution in [2.24, 2.45) is 5.92 Å². The number of amides is 2. The van der Waals surface area contributed by atoms with E-state index in [4.69, 9.17) is 11.6 Å². The third-order valence-electron chi connectivity index (χ3n) is 5.30. The summed E-state index contributed by atoms with van der Waals surface area (Å²) >= 11 is 6.14. The summed E-state index contributed by atoms with van der Waals surface area (Å²) in [6.45, 7) is 1.85. The third kappa shape index (κ3) is 6.15. The summed E-state index contributed by atoms with van der Waals surface area (Å²) in [5, 5.41) is 17.1. The highest BCUT2D eigenvalue weighted by molar-refractivity contribution is 6.31. The van der Waals surface area contributed by atoms with Crippen LogP contribution in [0, 0.1) is 23.0 Å². The molecule has 8 heteroatoms. The number of carbonyl (C=O) groups excluding carboxylic acids is 2. The number of rotatable bonds is 6. The maximum absolute atomic E-state index is 13.0. The molecule has 1 saturated carbocycles. The Kier molecular flexibility index (Phi) is 7.41. The summed E-state index contributed by atoms with van der Waals surface area (Å²) in [4.78, 5) is 36.3. The van der Waals surface area contributed by atoms with Gasteiger partial charge in [-0.15, -0.1) is 0 Å². The molecule has 2 N–H and O–H groups in total. The van der Waals surface area contributed by atoms with E-state index in [1.165, 1.54) is 24.3 Å². The van der Waals surface area contributed by atoms with E-state index in [0.29, 0.717) is 16.3 Å². The minimum Gasteiger partial charge on any atom is -0.321 e. The van der Waals surface area contributed by atoms with Crippen LogP contribution < -0.4 is 10.6 Å². The molecule has 2 amide bonds. The molecular formula is C23H24ClN3O4. The van der Waals surface area contributed by atoms with Crippen molar-refractivity contribution in [2.45, 2.75) is 39.0 Å². The average molecular weight is 442 g/mol. The lowest BCUT2D eigenvalue weighted by molar-refractivity contribution is -0.384. The second-order valence-electron chi connectivity index (χ2n) is 7.65. The first-order chi connectivity index (χ1) is 14.8. The zero-order valence-corrected chi connectivity index (χ0v) is 17.9. The van der Waals surface area contributed by atoms with Crippen molar-refractivity contribution in [3.63, 3.8) is 0 Å². The van der Waals surface area contributed by atoms with Gasteiger partial charge in [-0.05, 0) is 49.1 Å². The highest BCUT2D eigenvalue weighted by Crippen LogP contribution is 2.25. The highest BCUT2D eigenvalue weighted by atomic mass is 35.5. The number of nitro benzene ring substituents is 1. The van der Waals surface area contributed by atoms with Crippen LogP contribution in [-0.4, -0.2) is 16.7 Å². The lowest BCUT2D eigenvalue weighted by atomic mass is 9.88. The predicted molar refractivity (Wildman–Crippen MR) is 121 cm³/mol. The average Bonchev–Trinajstić information content (AvgIpc) is 2.76. The number of nitrogens with one attached hydrogen (secondary N) is 2. The summed E-state index contributed by atoms with van der Waals surface area (Å²) in [5.41, 5.74) is 1.71. The van der Waals surface area contributed by atoms with Crippen LogP contribution in [0.1, 0.15) is 43.2 Å². The molecule has 2 aromatic rings. The van der Waals surface area contributed by atoms with Gasteiger partial charge in [0.25, 0.3) is 11.6 Å². The zero-order chi connectivity index (χ0) is 22.4. The fourth-order valence-electron chi connectivity index (χ4n) is 3.52. The van der Waals surface area contributed by atoms with Gasteiger partial charge in [-0.3, -0.25) is 19.7 Å². The number of hydrogen-bond donors (Lipinski definition) is 2. The number of non-ortho nitro benzene ring substituents is 1. The molecule has 3 rings (SSSR count). The standard InChI is InChI=1S/C23H24ClN3O4/c1-15-10-11-18(14-20(15)24)25-23(29)21(26-22(28)17-7-3-2-4-8-17)13-16-6-5-9-19(12-16)27(30)31/h5-6,9-14,17H,2-4,7-8H2,1H3,(H,25,29)(H,26,28)/b21-13-. The van der Waals surface area contributed by atoms with E-state index >= 15 is 0 Å². The number of halogens is 1. The van der Waals surface area contributed by atoms with Crippen molar-refractivity contribution in [1.29, 1.82) is 0 Å². The Labute approximate surface area is 185 Å². The van der Waals surface area contributed by atoms with Crippen molar-refractivity contribution in [1.82, 2.24) is 5.32 Å². The second-order valence-corrected chi connectivity index (χ2v) is 8.06. The maximum Gasteiger partial charge on any atom is 0.272 e. The smallest absolute Gasteiger partial charge is 0.272 e. The summed E-state index contributed by atoms with van der Waals surface area (Å²) in [6, 6.07) is 11.0. The summed E-state index contributed by atoms with van der Waals surface area (Å²) < 4.78 is 0. The first kappa shape index (κ1) is 22.5. The molecule has 31 heavy (non-hydrogen) atoms. The van der Waals surface area contributed by atoms with Gasteiger partial charge < -0.3 is 10.6 Å². The van der Waals surface area contributed by atoms with Crippen molar-refractivity contribution in [2.75, 3.05) is 5.32 Å². The van der Waals surface area contributed by atoms with Crippen LogP contribution in [-0.2, 0) is 9.59 Å². The fraction of sp³-hybridized carbons (Fsp3) is 0.304. The van der Waals surface area contributed by atoms with E-state index in [1.807, 2.05) is 6.92 Å². The van der Waals surface area contributed by atoms with E-state index in [0.717, 1.165) is 37.7 Å². The SMILES string of the molecule is Cc1ccc(NC(=O)/C(=C/c2cccc([N+](=O)[O-])c2)NC(=O)C2CCCCC2)cc1Cl. The molecule has 0 aromatic heterocycles. The van der Waals surface area contributed by atoms with Gasteiger partial charge in [0.05, 0.1) is 4.92 Å². The highest BCUT2D eigenvalue weighted by Gasteiger charge is 2.23. The van der Waals surface area contributed by atoms with E-state index in [-0.39, 0.29) is 23.2 Å². The molecule has 162 valence electrons. The number of anilines is 1. The molecule has 0 heterocycles. The van der Waals surface area contributed by atoms with E-state index in [1.54, 1.807) is 24.3 Å². The van der Waals surface area contributed by atoms with Crippen LogP contribution in [0.2, 0.25) is 5.02 Å². The molecule has 1 aliphatic rings. The molecule has 0 bridgehead atoms. The van der Waals surface area contributed by atoms with Crippen molar-refractivity contribution in [3.05, 3.63) is 74.4 Å². The van der Waals surface area contributed by atoms with E-state index in [9.17, 15) is 19.7 Å². The monoisotopic (exact) mass is 441 g/mol. The predicted octanol–water partition coefficient (Wildman–Crippen LogP) is 5.23. The Morgan fingerprint density at radius 2 is 1.87 bits per heavy atom. The molecule has 0 saturated heterocycles. The molecular weight excluding hydrogens is 418 g/mol. The van der Waals surface area contributed by atoms with Gasteiger partial charge in [0, 0.05) is 28.8 Å². The number of hydrogen-bond acceptors (Lipinski definition) is 4. The number of nitrogens with zero attached hydrogens (tertiary/aromatic N) is 1. The largest absolute Gasteiger partial charge is 0.321 e. The lowest BCUT2D eigenvalue weighted by Gasteiger charge is -2.21. The van der Waals surface area contributed by atoms with E-state index in [2.05, 4.69) is 10.6 Å². The quantitative estimate of drug-likeness (QED) is 0.364. The first-order valence-corrected chi connectivity index (χ1v) is 10.6. The van der Waals surface area contributed by atoms with Crippen LogP contribution in [0.15, 0.2) is 48.2 Å². The number of nitro groups is 1. The van der Waals surface area contributed by atoms with Crippen LogP contribution in [0.5, 0.6) is 0 Å². The molecule has 2 aromatic carbocycles. The van der Waals surface area contributed by atoms with Crippen LogP contribution in [0.4, 0.5) is 11.4 Å². The van der Waals surface area contributed by atoms with Gasteiger partial charge in [0.2, 0.25) is 5.91 Å². The van der Waals surface area contributed by atoms with Crippen LogP contribution >= 0.6 is 11.6 Å². The molecule has 0 aliphatic heterocycles. The van der Waals surface area contributed by atoms with Gasteiger partial charge >= 0.3 is 0 Å². The molecule has 1 fully saturated rings. The minimum atomic E-state index is -0.532. The van der Waals surface area contributed by atoms with Crippen molar-refractivity contribution < 1.29 is 14.5 Å². The van der Waals surface area contributed by atoms with Crippen molar-refractivity contribution in [3.8, 4) is 0 Å². The molecule has 0 spiro atoms. The third-order valence-corrected chi connectivity index (χ3v) is 5.71. The maximum atomic E-state index is 13.0. The Morgan fingerprint density at radius 3 is 2.55 bits per heavy atom. The van der Waals surface area contributed by atoms with Gasteiger partial charge in [0.15, 0.2) is 0 Å². The Balaban J connectivity index is 1.87. The summed E-state index contributed by atoms with van der Waals surface area (Å²) in [7, 11) is 0. The Morgan fingerprint density at radius 1 is 1.13 bits per heavy atom.